The van der Waals surface area contributed by atoms with Gasteiger partial charge in [0.05, 0.1) is 0 Å². The van der Waals surface area contributed by atoms with E-state index in [-0.39, 0.29) is 5.41 Å². The van der Waals surface area contributed by atoms with Gasteiger partial charge in [-0.1, -0.05) is 44.5 Å². The molecule has 0 aliphatic heterocycles. The fourth-order valence-electron chi connectivity index (χ4n) is 2.33. The Labute approximate surface area is 92.5 Å². The molecule has 1 rings (SSSR count). The predicted octanol–water partition coefficient (Wildman–Crippen LogP) is 3.64. The Kier molecular flexibility index (Phi) is 4.07. The Morgan fingerprint density at radius 1 is 1.33 bits per heavy atom. The molecule has 1 nitrogen and oxygen atoms in total. The fourth-order valence-corrected chi connectivity index (χ4v) is 2.33. The van der Waals surface area contributed by atoms with Crippen molar-refractivity contribution in [1.82, 2.24) is 0 Å². The Hall–Kier alpha value is -1.11. The van der Waals surface area contributed by atoms with Gasteiger partial charge in [-0.05, 0) is 29.9 Å². The van der Waals surface area contributed by atoms with Crippen LogP contribution in [0.4, 0.5) is 0 Å². The van der Waals surface area contributed by atoms with E-state index in [1.54, 1.807) is 0 Å². The van der Waals surface area contributed by atoms with Gasteiger partial charge < -0.3 is 4.79 Å². The molecule has 0 unspecified atom stereocenters. The molecule has 15 heavy (non-hydrogen) atoms. The van der Waals surface area contributed by atoms with E-state index in [1.165, 1.54) is 11.1 Å². The summed E-state index contributed by atoms with van der Waals surface area (Å²) in [4.78, 5) is 10.8. The first kappa shape index (κ1) is 12.0. The van der Waals surface area contributed by atoms with E-state index >= 15 is 0 Å². The quantitative estimate of drug-likeness (QED) is 0.669. The van der Waals surface area contributed by atoms with Crippen LogP contribution < -0.4 is 0 Å². The SMILES string of the molecule is CCC[C@](C)(CC=O)c1ccccc1C. The summed E-state index contributed by atoms with van der Waals surface area (Å²) >= 11 is 0. The van der Waals surface area contributed by atoms with Crippen LogP contribution in [0.15, 0.2) is 24.3 Å². The highest BCUT2D eigenvalue weighted by atomic mass is 16.1. The first-order valence-corrected chi connectivity index (χ1v) is 5.64. The molecule has 0 aromatic heterocycles. The van der Waals surface area contributed by atoms with E-state index in [0.717, 1.165) is 19.1 Å². The maximum Gasteiger partial charge on any atom is 0.120 e. The monoisotopic (exact) mass is 204 g/mol. The topological polar surface area (TPSA) is 17.1 Å². The van der Waals surface area contributed by atoms with Gasteiger partial charge in [0.2, 0.25) is 0 Å². The van der Waals surface area contributed by atoms with E-state index in [4.69, 9.17) is 0 Å². The van der Waals surface area contributed by atoms with Crippen LogP contribution >= 0.6 is 0 Å². The molecule has 0 heterocycles. The summed E-state index contributed by atoms with van der Waals surface area (Å²) in [5.74, 6) is 0. The number of aryl methyl sites for hydroxylation is 1. The molecule has 1 aromatic carbocycles. The number of aldehydes is 1. The summed E-state index contributed by atoms with van der Waals surface area (Å²) < 4.78 is 0. The highest BCUT2D eigenvalue weighted by molar-refractivity contribution is 5.54. The van der Waals surface area contributed by atoms with Crippen molar-refractivity contribution in [2.45, 2.75) is 45.4 Å². The fraction of sp³-hybridized carbons (Fsp3) is 0.500. The third-order valence-corrected chi connectivity index (χ3v) is 3.13. The summed E-state index contributed by atoms with van der Waals surface area (Å²) in [5, 5.41) is 0. The van der Waals surface area contributed by atoms with Crippen molar-refractivity contribution < 1.29 is 4.79 Å². The van der Waals surface area contributed by atoms with Crippen LogP contribution in [0, 0.1) is 6.92 Å². The van der Waals surface area contributed by atoms with E-state index in [0.29, 0.717) is 6.42 Å². The van der Waals surface area contributed by atoms with Crippen LogP contribution in [0.2, 0.25) is 0 Å². The van der Waals surface area contributed by atoms with Crippen LogP contribution in [-0.2, 0) is 10.2 Å². The van der Waals surface area contributed by atoms with Crippen LogP contribution in [-0.4, -0.2) is 6.29 Å². The van der Waals surface area contributed by atoms with Gasteiger partial charge in [0.1, 0.15) is 6.29 Å². The summed E-state index contributed by atoms with van der Waals surface area (Å²) in [6.45, 7) is 6.47. The van der Waals surface area contributed by atoms with Crippen LogP contribution in [0.3, 0.4) is 0 Å². The molecule has 0 aliphatic carbocycles. The lowest BCUT2D eigenvalue weighted by Gasteiger charge is -2.29. The van der Waals surface area contributed by atoms with E-state index in [1.807, 2.05) is 6.07 Å². The lowest BCUT2D eigenvalue weighted by molar-refractivity contribution is -0.108. The van der Waals surface area contributed by atoms with Crippen LogP contribution in [0.1, 0.15) is 44.2 Å². The van der Waals surface area contributed by atoms with E-state index in [2.05, 4.69) is 39.0 Å². The third-order valence-electron chi connectivity index (χ3n) is 3.13. The molecular formula is C14H20O. The molecule has 0 saturated heterocycles. The lowest BCUT2D eigenvalue weighted by Crippen LogP contribution is -2.23. The Balaban J connectivity index is 3.08. The zero-order chi connectivity index (χ0) is 11.3. The number of carbonyl (C=O) groups excluding carboxylic acids is 1. The van der Waals surface area contributed by atoms with Gasteiger partial charge >= 0.3 is 0 Å². The van der Waals surface area contributed by atoms with Crippen molar-refractivity contribution in [2.75, 3.05) is 0 Å². The maximum atomic E-state index is 10.8. The molecule has 0 N–H and O–H groups in total. The van der Waals surface area contributed by atoms with Gasteiger partial charge in [0.15, 0.2) is 0 Å². The molecular weight excluding hydrogens is 184 g/mol. The van der Waals surface area contributed by atoms with Crippen molar-refractivity contribution in [3.63, 3.8) is 0 Å². The van der Waals surface area contributed by atoms with Gasteiger partial charge in [0.25, 0.3) is 0 Å². The Morgan fingerprint density at radius 2 is 2.00 bits per heavy atom. The van der Waals surface area contributed by atoms with Crippen molar-refractivity contribution in [3.8, 4) is 0 Å². The minimum Gasteiger partial charge on any atom is -0.303 e. The average molecular weight is 204 g/mol. The maximum absolute atomic E-state index is 10.8. The standard InChI is InChI=1S/C14H20O/c1-4-9-14(3,10-11-15)13-8-6-5-7-12(13)2/h5-8,11H,4,9-10H2,1-3H3/t14-/m1/s1. The second-order valence-corrected chi connectivity index (χ2v) is 4.50. The number of carbonyl (C=O) groups is 1. The van der Waals surface area contributed by atoms with Crippen LogP contribution in [0.25, 0.3) is 0 Å². The molecule has 0 spiro atoms. The number of benzene rings is 1. The highest BCUT2D eigenvalue weighted by Crippen LogP contribution is 2.33. The number of hydrogen-bond acceptors (Lipinski definition) is 1. The zero-order valence-corrected chi connectivity index (χ0v) is 9.92. The highest BCUT2D eigenvalue weighted by Gasteiger charge is 2.26. The molecule has 1 atom stereocenters. The third kappa shape index (κ3) is 2.68. The van der Waals surface area contributed by atoms with Crippen molar-refractivity contribution in [2.24, 2.45) is 0 Å². The molecule has 0 fully saturated rings. The van der Waals surface area contributed by atoms with Gasteiger partial charge in [0, 0.05) is 6.42 Å². The molecule has 0 aliphatic rings. The largest absolute Gasteiger partial charge is 0.303 e. The normalized spacial score (nSPS) is 14.6. The summed E-state index contributed by atoms with van der Waals surface area (Å²) in [6.07, 6.45) is 3.84. The van der Waals surface area contributed by atoms with E-state index in [9.17, 15) is 4.79 Å². The zero-order valence-electron chi connectivity index (χ0n) is 9.92. The van der Waals surface area contributed by atoms with Crippen molar-refractivity contribution in [1.29, 1.82) is 0 Å². The molecule has 0 amide bonds. The van der Waals surface area contributed by atoms with Crippen molar-refractivity contribution >= 4 is 6.29 Å². The first-order chi connectivity index (χ1) is 7.14. The van der Waals surface area contributed by atoms with Crippen LogP contribution in [0.5, 0.6) is 0 Å². The molecule has 0 saturated carbocycles. The smallest absolute Gasteiger partial charge is 0.120 e. The van der Waals surface area contributed by atoms with Gasteiger partial charge in [-0.25, -0.2) is 0 Å². The minimum atomic E-state index is 0.0157. The second-order valence-electron chi connectivity index (χ2n) is 4.50. The number of hydrogen-bond donors (Lipinski definition) is 0. The van der Waals surface area contributed by atoms with Gasteiger partial charge in [-0.15, -0.1) is 0 Å². The summed E-state index contributed by atoms with van der Waals surface area (Å²) in [7, 11) is 0. The average Bonchev–Trinajstić information content (AvgIpc) is 2.19. The minimum absolute atomic E-state index is 0.0157. The predicted molar refractivity (Wildman–Crippen MR) is 64.1 cm³/mol. The summed E-state index contributed by atoms with van der Waals surface area (Å²) in [6, 6.07) is 8.37. The second kappa shape index (κ2) is 5.11. The molecule has 82 valence electrons. The molecule has 0 radical (unpaired) electrons. The lowest BCUT2D eigenvalue weighted by atomic mass is 9.75. The Bertz CT molecular complexity index is 330. The number of rotatable bonds is 5. The Morgan fingerprint density at radius 3 is 2.53 bits per heavy atom. The molecule has 0 bridgehead atoms. The molecule has 1 heteroatoms. The summed E-state index contributed by atoms with van der Waals surface area (Å²) in [5.41, 5.74) is 2.62. The first-order valence-electron chi connectivity index (χ1n) is 5.64. The van der Waals surface area contributed by atoms with Gasteiger partial charge in [-0.3, -0.25) is 0 Å². The van der Waals surface area contributed by atoms with E-state index < -0.39 is 0 Å². The molecule has 1 aromatic rings. The van der Waals surface area contributed by atoms with Gasteiger partial charge in [-0.2, -0.15) is 0 Å². The van der Waals surface area contributed by atoms with Crippen molar-refractivity contribution in [3.05, 3.63) is 35.4 Å².